The molecule has 1 amide bonds. The molecular formula is C13H18N2O3. The monoisotopic (exact) mass is 250 g/mol. The van der Waals surface area contributed by atoms with Gasteiger partial charge in [-0.25, -0.2) is 0 Å². The molecule has 1 aliphatic heterocycles. The molecule has 98 valence electrons. The zero-order valence-electron chi connectivity index (χ0n) is 10.5. The third kappa shape index (κ3) is 2.72. The minimum Gasteiger partial charge on any atom is -0.481 e. The molecule has 0 radical (unpaired) electrons. The van der Waals surface area contributed by atoms with Gasteiger partial charge in [-0.2, -0.15) is 0 Å². The molecule has 2 rings (SSSR count). The molecule has 0 aromatic carbocycles. The quantitative estimate of drug-likeness (QED) is 0.877. The number of rotatable bonds is 4. The zero-order valence-corrected chi connectivity index (χ0v) is 10.5. The highest BCUT2D eigenvalue weighted by Gasteiger charge is 2.27. The minimum atomic E-state index is -0.762. The number of carbonyl (C=O) groups is 2. The van der Waals surface area contributed by atoms with E-state index in [1.165, 1.54) is 0 Å². The molecule has 5 heteroatoms. The Morgan fingerprint density at radius 1 is 1.50 bits per heavy atom. The van der Waals surface area contributed by atoms with Gasteiger partial charge in [0.2, 0.25) is 0 Å². The van der Waals surface area contributed by atoms with Crippen LogP contribution in [0.15, 0.2) is 18.3 Å². The summed E-state index contributed by atoms with van der Waals surface area (Å²) < 4.78 is 1.81. The molecule has 0 saturated carbocycles. The van der Waals surface area contributed by atoms with E-state index >= 15 is 0 Å². The Balaban J connectivity index is 1.91. The van der Waals surface area contributed by atoms with Crippen molar-refractivity contribution in [3.63, 3.8) is 0 Å². The summed E-state index contributed by atoms with van der Waals surface area (Å²) in [7, 11) is 1.85. The van der Waals surface area contributed by atoms with E-state index in [2.05, 4.69) is 0 Å². The summed E-state index contributed by atoms with van der Waals surface area (Å²) in [5.74, 6) is -0.396. The average Bonchev–Trinajstić information content (AvgIpc) is 2.94. The van der Waals surface area contributed by atoms with E-state index in [1.807, 2.05) is 34.8 Å². The Morgan fingerprint density at radius 3 is 2.89 bits per heavy atom. The number of carboxylic acids is 1. The molecule has 1 saturated heterocycles. The van der Waals surface area contributed by atoms with Crippen LogP contribution < -0.4 is 0 Å². The number of likely N-dealkylation sites (tertiary alicyclic amines) is 1. The molecule has 2 heterocycles. The van der Waals surface area contributed by atoms with Crippen LogP contribution in [0, 0.1) is 5.92 Å². The summed E-state index contributed by atoms with van der Waals surface area (Å²) in [6.45, 7) is 1.41. The van der Waals surface area contributed by atoms with Gasteiger partial charge in [-0.15, -0.1) is 0 Å². The Labute approximate surface area is 106 Å². The number of aryl methyl sites for hydroxylation is 1. The van der Waals surface area contributed by atoms with E-state index in [0.29, 0.717) is 24.6 Å². The lowest BCUT2D eigenvalue weighted by molar-refractivity contribution is -0.137. The average molecular weight is 250 g/mol. The largest absolute Gasteiger partial charge is 0.481 e. The predicted molar refractivity (Wildman–Crippen MR) is 66.3 cm³/mol. The summed E-state index contributed by atoms with van der Waals surface area (Å²) in [5, 5.41) is 8.65. The number of carboxylic acid groups (broad SMARTS) is 1. The van der Waals surface area contributed by atoms with Crippen molar-refractivity contribution in [2.24, 2.45) is 13.0 Å². The van der Waals surface area contributed by atoms with Crippen LogP contribution in [0.5, 0.6) is 0 Å². The number of hydrogen-bond donors (Lipinski definition) is 1. The van der Waals surface area contributed by atoms with Crippen LogP contribution in [-0.2, 0) is 11.8 Å². The molecule has 1 aromatic rings. The van der Waals surface area contributed by atoms with Crippen LogP contribution in [0.4, 0.5) is 0 Å². The standard InChI is InChI=1S/C13H18N2O3/c1-14-7-2-3-11(14)13(18)15-8-6-10(9-15)4-5-12(16)17/h2-3,7,10H,4-6,8-9H2,1H3,(H,16,17). The van der Waals surface area contributed by atoms with Gasteiger partial charge in [-0.1, -0.05) is 0 Å². The second kappa shape index (κ2) is 5.25. The summed E-state index contributed by atoms with van der Waals surface area (Å²) in [5.41, 5.74) is 0.689. The fourth-order valence-electron chi connectivity index (χ4n) is 2.43. The van der Waals surface area contributed by atoms with Gasteiger partial charge in [0, 0.05) is 32.8 Å². The smallest absolute Gasteiger partial charge is 0.303 e. The van der Waals surface area contributed by atoms with Crippen LogP contribution in [0.1, 0.15) is 29.8 Å². The first-order valence-electron chi connectivity index (χ1n) is 6.20. The summed E-state index contributed by atoms with van der Waals surface area (Å²) in [4.78, 5) is 24.5. The number of nitrogens with zero attached hydrogens (tertiary/aromatic N) is 2. The van der Waals surface area contributed by atoms with Gasteiger partial charge in [0.25, 0.3) is 5.91 Å². The molecule has 1 N–H and O–H groups in total. The number of carbonyl (C=O) groups excluding carboxylic acids is 1. The highest BCUT2D eigenvalue weighted by atomic mass is 16.4. The van der Waals surface area contributed by atoms with Gasteiger partial charge >= 0.3 is 5.97 Å². The van der Waals surface area contributed by atoms with Gasteiger partial charge in [0.05, 0.1) is 0 Å². The van der Waals surface area contributed by atoms with Gasteiger partial charge in [0.1, 0.15) is 5.69 Å². The molecule has 0 spiro atoms. The van der Waals surface area contributed by atoms with Gasteiger partial charge < -0.3 is 14.6 Å². The van der Waals surface area contributed by atoms with Gasteiger partial charge in [-0.3, -0.25) is 9.59 Å². The van der Waals surface area contributed by atoms with E-state index in [0.717, 1.165) is 13.0 Å². The highest BCUT2D eigenvalue weighted by Crippen LogP contribution is 2.22. The van der Waals surface area contributed by atoms with Gasteiger partial charge in [0.15, 0.2) is 0 Å². The molecule has 1 unspecified atom stereocenters. The van der Waals surface area contributed by atoms with Crippen molar-refractivity contribution in [2.45, 2.75) is 19.3 Å². The number of aliphatic carboxylic acids is 1. The molecule has 1 atom stereocenters. The first kappa shape index (κ1) is 12.7. The third-order valence-corrected chi connectivity index (χ3v) is 3.50. The van der Waals surface area contributed by atoms with E-state index in [9.17, 15) is 9.59 Å². The fraction of sp³-hybridized carbons (Fsp3) is 0.538. The van der Waals surface area contributed by atoms with Crippen molar-refractivity contribution in [1.29, 1.82) is 0 Å². The molecule has 0 bridgehead atoms. The first-order chi connectivity index (χ1) is 8.58. The third-order valence-electron chi connectivity index (χ3n) is 3.50. The summed E-state index contributed by atoms with van der Waals surface area (Å²) in [6.07, 6.45) is 3.61. The van der Waals surface area contributed by atoms with E-state index in [1.54, 1.807) is 0 Å². The van der Waals surface area contributed by atoms with Gasteiger partial charge in [-0.05, 0) is 30.9 Å². The van der Waals surface area contributed by atoms with Crippen LogP contribution in [0.25, 0.3) is 0 Å². The molecule has 5 nitrogen and oxygen atoms in total. The Bertz CT molecular complexity index is 453. The molecule has 1 fully saturated rings. The lowest BCUT2D eigenvalue weighted by Crippen LogP contribution is -2.30. The van der Waals surface area contributed by atoms with Crippen molar-refractivity contribution in [2.75, 3.05) is 13.1 Å². The van der Waals surface area contributed by atoms with Crippen LogP contribution in [-0.4, -0.2) is 39.5 Å². The van der Waals surface area contributed by atoms with Crippen LogP contribution >= 0.6 is 0 Å². The maximum atomic E-state index is 12.2. The Morgan fingerprint density at radius 2 is 2.28 bits per heavy atom. The second-order valence-corrected chi connectivity index (χ2v) is 4.84. The number of aromatic nitrogens is 1. The normalized spacial score (nSPS) is 19.2. The maximum absolute atomic E-state index is 12.2. The molecular weight excluding hydrogens is 232 g/mol. The first-order valence-corrected chi connectivity index (χ1v) is 6.20. The van der Waals surface area contributed by atoms with Crippen molar-refractivity contribution < 1.29 is 14.7 Å². The predicted octanol–water partition coefficient (Wildman–Crippen LogP) is 1.35. The van der Waals surface area contributed by atoms with Crippen molar-refractivity contribution in [3.8, 4) is 0 Å². The molecule has 1 aliphatic rings. The molecule has 0 aliphatic carbocycles. The lowest BCUT2D eigenvalue weighted by Gasteiger charge is -2.16. The van der Waals surface area contributed by atoms with Crippen LogP contribution in [0.3, 0.4) is 0 Å². The fourth-order valence-corrected chi connectivity index (χ4v) is 2.43. The van der Waals surface area contributed by atoms with E-state index < -0.39 is 5.97 Å². The SMILES string of the molecule is Cn1cccc1C(=O)N1CCC(CCC(=O)O)C1. The summed E-state index contributed by atoms with van der Waals surface area (Å²) in [6, 6.07) is 3.66. The lowest BCUT2D eigenvalue weighted by atomic mass is 10.0. The minimum absolute atomic E-state index is 0.0420. The zero-order chi connectivity index (χ0) is 13.1. The number of amides is 1. The highest BCUT2D eigenvalue weighted by molar-refractivity contribution is 5.92. The summed E-state index contributed by atoms with van der Waals surface area (Å²) >= 11 is 0. The molecule has 1 aromatic heterocycles. The van der Waals surface area contributed by atoms with E-state index in [4.69, 9.17) is 5.11 Å². The Hall–Kier alpha value is -1.78. The van der Waals surface area contributed by atoms with E-state index in [-0.39, 0.29) is 12.3 Å². The number of hydrogen-bond acceptors (Lipinski definition) is 2. The second-order valence-electron chi connectivity index (χ2n) is 4.84. The maximum Gasteiger partial charge on any atom is 0.303 e. The van der Waals surface area contributed by atoms with Crippen molar-refractivity contribution >= 4 is 11.9 Å². The topological polar surface area (TPSA) is 62.5 Å². The van der Waals surface area contributed by atoms with Crippen molar-refractivity contribution in [1.82, 2.24) is 9.47 Å². The molecule has 18 heavy (non-hydrogen) atoms. The Kier molecular flexibility index (Phi) is 3.69. The van der Waals surface area contributed by atoms with Crippen molar-refractivity contribution in [3.05, 3.63) is 24.0 Å². The van der Waals surface area contributed by atoms with Crippen LogP contribution in [0.2, 0.25) is 0 Å².